The predicted molar refractivity (Wildman–Crippen MR) is 70.2 cm³/mol. The zero-order valence-corrected chi connectivity index (χ0v) is 10.9. The molecule has 1 aromatic rings. The van der Waals surface area contributed by atoms with E-state index in [-0.39, 0.29) is 23.1 Å². The molecule has 0 heterocycles. The molecule has 0 aliphatic heterocycles. The summed E-state index contributed by atoms with van der Waals surface area (Å²) in [6.45, 7) is 3.94. The Morgan fingerprint density at radius 2 is 2.24 bits per heavy atom. The van der Waals surface area contributed by atoms with Crippen molar-refractivity contribution in [3.63, 3.8) is 0 Å². The molecule has 1 N–H and O–H groups in total. The topological polar surface area (TPSA) is 63.4 Å². The van der Waals surface area contributed by atoms with E-state index in [9.17, 15) is 10.1 Å². The monoisotopic (exact) mass is 255 g/mol. The van der Waals surface area contributed by atoms with Gasteiger partial charge in [-0.3, -0.25) is 10.1 Å². The Balaban J connectivity index is 2.66. The molecule has 1 aromatic carbocycles. The lowest BCUT2D eigenvalue weighted by atomic mass is 10.1. The number of hydrogen-bond donors (Lipinski definition) is 1. The Labute approximate surface area is 105 Å². The van der Waals surface area contributed by atoms with E-state index in [1.54, 1.807) is 24.8 Å². The van der Waals surface area contributed by atoms with E-state index in [0.29, 0.717) is 0 Å². The van der Waals surface area contributed by atoms with Gasteiger partial charge in [-0.2, -0.15) is 11.8 Å². The zero-order chi connectivity index (χ0) is 12.8. The molecule has 1 atom stereocenters. The van der Waals surface area contributed by atoms with E-state index in [1.807, 2.05) is 13.0 Å². The number of nitro groups is 1. The van der Waals surface area contributed by atoms with Crippen LogP contribution in [0.15, 0.2) is 18.2 Å². The number of nitro benzene ring substituents is 1. The molecule has 0 saturated carbocycles. The molecule has 0 fully saturated rings. The van der Waals surface area contributed by atoms with E-state index in [4.69, 9.17) is 5.11 Å². The van der Waals surface area contributed by atoms with Crippen LogP contribution in [0.4, 0.5) is 5.69 Å². The van der Waals surface area contributed by atoms with Crippen LogP contribution in [-0.2, 0) is 5.75 Å². The Hall–Kier alpha value is -1.07. The second kappa shape index (κ2) is 6.61. The maximum Gasteiger partial charge on any atom is 0.272 e. The van der Waals surface area contributed by atoms with Gasteiger partial charge in [0.1, 0.15) is 0 Å². The lowest BCUT2D eigenvalue weighted by Crippen LogP contribution is -2.04. The number of aliphatic hydroxyl groups excluding tert-OH is 1. The first-order valence-electron chi connectivity index (χ1n) is 5.47. The standard InChI is InChI=1S/C12H17NO3S/c1-9(6-14)7-17-8-11-4-3-5-12(10(11)2)13(15)16/h3-5,9,14H,6-8H2,1-2H3. The van der Waals surface area contributed by atoms with Gasteiger partial charge >= 0.3 is 0 Å². The van der Waals surface area contributed by atoms with Gasteiger partial charge < -0.3 is 5.11 Å². The molecular formula is C12H17NO3S. The van der Waals surface area contributed by atoms with Gasteiger partial charge in [0.05, 0.1) is 4.92 Å². The summed E-state index contributed by atoms with van der Waals surface area (Å²) in [6.07, 6.45) is 0. The van der Waals surface area contributed by atoms with Crippen molar-refractivity contribution in [2.75, 3.05) is 12.4 Å². The molecule has 0 radical (unpaired) electrons. The summed E-state index contributed by atoms with van der Waals surface area (Å²) in [6, 6.07) is 5.16. The van der Waals surface area contributed by atoms with Gasteiger partial charge in [0.2, 0.25) is 0 Å². The normalized spacial score (nSPS) is 12.4. The smallest absolute Gasteiger partial charge is 0.272 e. The first-order chi connectivity index (χ1) is 8.06. The zero-order valence-electron chi connectivity index (χ0n) is 10.0. The Morgan fingerprint density at radius 3 is 2.82 bits per heavy atom. The lowest BCUT2D eigenvalue weighted by Gasteiger charge is -2.09. The van der Waals surface area contributed by atoms with Crippen molar-refractivity contribution >= 4 is 17.4 Å². The number of benzene rings is 1. The predicted octanol–water partition coefficient (Wildman–Crippen LogP) is 2.76. The van der Waals surface area contributed by atoms with Crippen molar-refractivity contribution in [3.8, 4) is 0 Å². The van der Waals surface area contributed by atoms with Crippen LogP contribution in [0.3, 0.4) is 0 Å². The van der Waals surface area contributed by atoms with Gasteiger partial charge in [-0.15, -0.1) is 0 Å². The summed E-state index contributed by atoms with van der Waals surface area (Å²) >= 11 is 1.69. The largest absolute Gasteiger partial charge is 0.396 e. The van der Waals surface area contributed by atoms with Crippen LogP contribution in [-0.4, -0.2) is 22.4 Å². The van der Waals surface area contributed by atoms with Crippen molar-refractivity contribution in [1.29, 1.82) is 0 Å². The maximum absolute atomic E-state index is 10.8. The molecule has 0 amide bonds. The first-order valence-corrected chi connectivity index (χ1v) is 6.63. The quantitative estimate of drug-likeness (QED) is 0.627. The highest BCUT2D eigenvalue weighted by Crippen LogP contribution is 2.25. The summed E-state index contributed by atoms with van der Waals surface area (Å²) in [5, 5.41) is 19.7. The molecule has 0 aliphatic rings. The molecule has 0 aromatic heterocycles. The van der Waals surface area contributed by atoms with Crippen molar-refractivity contribution in [1.82, 2.24) is 0 Å². The summed E-state index contributed by atoms with van der Waals surface area (Å²) in [5.41, 5.74) is 1.91. The molecule has 0 aliphatic carbocycles. The van der Waals surface area contributed by atoms with E-state index in [0.717, 1.165) is 22.6 Å². The van der Waals surface area contributed by atoms with Crippen molar-refractivity contribution in [3.05, 3.63) is 39.4 Å². The molecule has 17 heavy (non-hydrogen) atoms. The van der Waals surface area contributed by atoms with Crippen molar-refractivity contribution < 1.29 is 10.0 Å². The van der Waals surface area contributed by atoms with Crippen LogP contribution in [0.1, 0.15) is 18.1 Å². The van der Waals surface area contributed by atoms with Crippen molar-refractivity contribution in [2.24, 2.45) is 5.92 Å². The summed E-state index contributed by atoms with van der Waals surface area (Å²) in [5.74, 6) is 1.87. The minimum Gasteiger partial charge on any atom is -0.396 e. The first kappa shape index (κ1) is 14.0. The van der Waals surface area contributed by atoms with Gasteiger partial charge in [0.15, 0.2) is 0 Å². The van der Waals surface area contributed by atoms with Gasteiger partial charge in [-0.25, -0.2) is 0 Å². The maximum atomic E-state index is 10.8. The van der Waals surface area contributed by atoms with Gasteiger partial charge in [0, 0.05) is 24.0 Å². The van der Waals surface area contributed by atoms with Crippen molar-refractivity contribution in [2.45, 2.75) is 19.6 Å². The Kier molecular flexibility index (Phi) is 5.44. The molecule has 1 unspecified atom stereocenters. The average molecular weight is 255 g/mol. The molecule has 1 rings (SSSR count). The number of rotatable bonds is 6. The van der Waals surface area contributed by atoms with Crippen LogP contribution in [0, 0.1) is 23.0 Å². The van der Waals surface area contributed by atoms with Crippen LogP contribution in [0.25, 0.3) is 0 Å². The number of nitrogens with zero attached hydrogens (tertiary/aromatic N) is 1. The third kappa shape index (κ3) is 4.02. The highest BCUT2D eigenvalue weighted by atomic mass is 32.2. The molecule has 5 heteroatoms. The molecular weight excluding hydrogens is 238 g/mol. The highest BCUT2D eigenvalue weighted by Gasteiger charge is 2.13. The SMILES string of the molecule is Cc1c(CSCC(C)CO)cccc1[N+](=O)[O-]. The van der Waals surface area contributed by atoms with Crippen LogP contribution in [0.2, 0.25) is 0 Å². The highest BCUT2D eigenvalue weighted by molar-refractivity contribution is 7.98. The molecule has 0 saturated heterocycles. The molecule has 0 bridgehead atoms. The van der Waals surface area contributed by atoms with E-state index >= 15 is 0 Å². The van der Waals surface area contributed by atoms with E-state index < -0.39 is 0 Å². The Morgan fingerprint density at radius 1 is 1.53 bits per heavy atom. The lowest BCUT2D eigenvalue weighted by molar-refractivity contribution is -0.385. The molecule has 0 spiro atoms. The van der Waals surface area contributed by atoms with Gasteiger partial charge in [-0.05, 0) is 24.2 Å². The fourth-order valence-corrected chi connectivity index (χ4v) is 2.61. The third-order valence-corrected chi connectivity index (χ3v) is 3.91. The number of thioether (sulfide) groups is 1. The number of hydrogen-bond acceptors (Lipinski definition) is 4. The molecule has 4 nitrogen and oxygen atoms in total. The van der Waals surface area contributed by atoms with Crippen LogP contribution in [0.5, 0.6) is 0 Å². The average Bonchev–Trinajstić information content (AvgIpc) is 2.30. The van der Waals surface area contributed by atoms with E-state index in [2.05, 4.69) is 0 Å². The van der Waals surface area contributed by atoms with Gasteiger partial charge in [-0.1, -0.05) is 19.1 Å². The second-order valence-electron chi connectivity index (χ2n) is 4.12. The molecule has 94 valence electrons. The summed E-state index contributed by atoms with van der Waals surface area (Å²) < 4.78 is 0. The minimum absolute atomic E-state index is 0.179. The summed E-state index contributed by atoms with van der Waals surface area (Å²) in [4.78, 5) is 10.4. The minimum atomic E-state index is -0.347. The van der Waals surface area contributed by atoms with Crippen LogP contribution < -0.4 is 0 Å². The fourth-order valence-electron chi connectivity index (χ4n) is 1.45. The van der Waals surface area contributed by atoms with Gasteiger partial charge in [0.25, 0.3) is 5.69 Å². The van der Waals surface area contributed by atoms with Crippen LogP contribution >= 0.6 is 11.8 Å². The third-order valence-electron chi connectivity index (χ3n) is 2.59. The van der Waals surface area contributed by atoms with E-state index in [1.165, 1.54) is 6.07 Å². The summed E-state index contributed by atoms with van der Waals surface area (Å²) in [7, 11) is 0. The second-order valence-corrected chi connectivity index (χ2v) is 5.15. The number of aliphatic hydroxyl groups is 1. The Bertz CT molecular complexity index is 395. The fraction of sp³-hybridized carbons (Fsp3) is 0.500.